The van der Waals surface area contributed by atoms with Crippen molar-refractivity contribution in [2.45, 2.75) is 27.2 Å². The summed E-state index contributed by atoms with van der Waals surface area (Å²) >= 11 is 0. The molecular weight excluding hydrogens is 222 g/mol. The van der Waals surface area contributed by atoms with Crippen molar-refractivity contribution < 1.29 is 0 Å². The molecule has 0 saturated carbocycles. The SMILES string of the molecule is Cc1ccc(C)c(-c2nc(CC#N)c(C)n2C)c1. The first-order chi connectivity index (χ1) is 8.54. The molecule has 0 aliphatic rings. The normalized spacial score (nSPS) is 10.4. The zero-order chi connectivity index (χ0) is 13.3. The summed E-state index contributed by atoms with van der Waals surface area (Å²) in [5, 5.41) is 8.81. The topological polar surface area (TPSA) is 41.6 Å². The molecule has 0 unspecified atom stereocenters. The Morgan fingerprint density at radius 1 is 1.28 bits per heavy atom. The van der Waals surface area contributed by atoms with E-state index in [-0.39, 0.29) is 0 Å². The summed E-state index contributed by atoms with van der Waals surface area (Å²) in [7, 11) is 2.00. The first kappa shape index (κ1) is 12.4. The molecule has 1 aromatic heterocycles. The van der Waals surface area contributed by atoms with Gasteiger partial charge in [-0.05, 0) is 32.4 Å². The van der Waals surface area contributed by atoms with Crippen LogP contribution in [0.5, 0.6) is 0 Å². The van der Waals surface area contributed by atoms with Gasteiger partial charge in [-0.2, -0.15) is 5.26 Å². The Labute approximate surface area is 108 Å². The van der Waals surface area contributed by atoms with Gasteiger partial charge in [-0.25, -0.2) is 4.98 Å². The zero-order valence-corrected chi connectivity index (χ0v) is 11.3. The lowest BCUT2D eigenvalue weighted by molar-refractivity contribution is 0.878. The summed E-state index contributed by atoms with van der Waals surface area (Å²) in [6.07, 6.45) is 0.366. The fourth-order valence-electron chi connectivity index (χ4n) is 2.10. The van der Waals surface area contributed by atoms with Crippen LogP contribution in [0.1, 0.15) is 22.5 Å². The van der Waals surface area contributed by atoms with Crippen molar-refractivity contribution in [2.75, 3.05) is 0 Å². The fraction of sp³-hybridized carbons (Fsp3) is 0.333. The second-order valence-electron chi connectivity index (χ2n) is 4.68. The number of aryl methyl sites for hydroxylation is 2. The molecule has 0 saturated heterocycles. The van der Waals surface area contributed by atoms with E-state index in [1.165, 1.54) is 11.1 Å². The fourth-order valence-corrected chi connectivity index (χ4v) is 2.10. The molecule has 2 aromatic rings. The zero-order valence-electron chi connectivity index (χ0n) is 11.3. The minimum absolute atomic E-state index is 0.366. The Balaban J connectivity index is 2.61. The standard InChI is InChI=1S/C15H17N3/c1-10-5-6-11(2)13(9-10)15-17-14(7-8-16)12(3)18(15)4/h5-6,9H,7H2,1-4H3. The van der Waals surface area contributed by atoms with E-state index in [0.29, 0.717) is 6.42 Å². The van der Waals surface area contributed by atoms with Crippen molar-refractivity contribution >= 4 is 0 Å². The summed E-state index contributed by atoms with van der Waals surface area (Å²) in [6.45, 7) is 6.17. The molecule has 0 fully saturated rings. The molecule has 18 heavy (non-hydrogen) atoms. The predicted molar refractivity (Wildman–Crippen MR) is 72.2 cm³/mol. The van der Waals surface area contributed by atoms with Gasteiger partial charge in [-0.15, -0.1) is 0 Å². The van der Waals surface area contributed by atoms with Gasteiger partial charge in [0.15, 0.2) is 0 Å². The molecular formula is C15H17N3. The van der Waals surface area contributed by atoms with Crippen molar-refractivity contribution in [1.29, 1.82) is 5.26 Å². The van der Waals surface area contributed by atoms with Crippen LogP contribution < -0.4 is 0 Å². The average molecular weight is 239 g/mol. The van der Waals surface area contributed by atoms with Gasteiger partial charge in [-0.1, -0.05) is 17.7 Å². The maximum absolute atomic E-state index is 8.81. The van der Waals surface area contributed by atoms with Gasteiger partial charge in [0.25, 0.3) is 0 Å². The van der Waals surface area contributed by atoms with Crippen LogP contribution in [0.15, 0.2) is 18.2 Å². The third kappa shape index (κ3) is 2.02. The van der Waals surface area contributed by atoms with Crippen LogP contribution in [0.3, 0.4) is 0 Å². The van der Waals surface area contributed by atoms with Gasteiger partial charge >= 0.3 is 0 Å². The minimum atomic E-state index is 0.366. The molecule has 0 aliphatic heterocycles. The largest absolute Gasteiger partial charge is 0.331 e. The van der Waals surface area contributed by atoms with Crippen molar-refractivity contribution in [3.63, 3.8) is 0 Å². The summed E-state index contributed by atoms with van der Waals surface area (Å²) in [6, 6.07) is 8.52. The van der Waals surface area contributed by atoms with E-state index in [4.69, 9.17) is 5.26 Å². The predicted octanol–water partition coefficient (Wildman–Crippen LogP) is 3.08. The number of benzene rings is 1. The summed E-state index contributed by atoms with van der Waals surface area (Å²) in [5.74, 6) is 0.943. The van der Waals surface area contributed by atoms with Crippen LogP contribution in [0.25, 0.3) is 11.4 Å². The van der Waals surface area contributed by atoms with E-state index in [0.717, 1.165) is 22.8 Å². The number of imidazole rings is 1. The molecule has 3 nitrogen and oxygen atoms in total. The van der Waals surface area contributed by atoms with Crippen LogP contribution in [-0.2, 0) is 13.5 Å². The molecule has 0 radical (unpaired) electrons. The molecule has 0 amide bonds. The highest BCUT2D eigenvalue weighted by molar-refractivity contribution is 5.62. The average Bonchev–Trinajstić information content (AvgIpc) is 2.61. The molecule has 0 atom stereocenters. The number of rotatable bonds is 2. The third-order valence-corrected chi connectivity index (χ3v) is 3.36. The van der Waals surface area contributed by atoms with E-state index in [2.05, 4.69) is 47.7 Å². The van der Waals surface area contributed by atoms with Crippen molar-refractivity contribution in [3.05, 3.63) is 40.7 Å². The van der Waals surface area contributed by atoms with E-state index in [1.807, 2.05) is 14.0 Å². The van der Waals surface area contributed by atoms with Crippen LogP contribution in [0.4, 0.5) is 0 Å². The van der Waals surface area contributed by atoms with E-state index >= 15 is 0 Å². The number of hydrogen-bond acceptors (Lipinski definition) is 2. The Bertz CT molecular complexity index is 630. The second-order valence-corrected chi connectivity index (χ2v) is 4.68. The molecule has 0 bridgehead atoms. The maximum atomic E-state index is 8.81. The van der Waals surface area contributed by atoms with E-state index < -0.39 is 0 Å². The van der Waals surface area contributed by atoms with Gasteiger partial charge in [0.05, 0.1) is 18.2 Å². The lowest BCUT2D eigenvalue weighted by Gasteiger charge is -2.07. The van der Waals surface area contributed by atoms with E-state index in [1.54, 1.807) is 0 Å². The van der Waals surface area contributed by atoms with Crippen LogP contribution in [-0.4, -0.2) is 9.55 Å². The Morgan fingerprint density at radius 2 is 2.00 bits per heavy atom. The van der Waals surface area contributed by atoms with Gasteiger partial charge in [0.2, 0.25) is 0 Å². The Kier molecular flexibility index (Phi) is 3.20. The molecule has 92 valence electrons. The molecule has 3 heteroatoms. The Hall–Kier alpha value is -2.08. The highest BCUT2D eigenvalue weighted by Crippen LogP contribution is 2.25. The summed E-state index contributed by atoms with van der Waals surface area (Å²) in [4.78, 5) is 4.61. The van der Waals surface area contributed by atoms with Gasteiger partial charge in [0, 0.05) is 18.3 Å². The number of hydrogen-bond donors (Lipinski definition) is 0. The monoisotopic (exact) mass is 239 g/mol. The summed E-state index contributed by atoms with van der Waals surface area (Å²) in [5.41, 5.74) is 5.50. The van der Waals surface area contributed by atoms with Crippen molar-refractivity contribution in [2.24, 2.45) is 7.05 Å². The van der Waals surface area contributed by atoms with Gasteiger partial charge in [0.1, 0.15) is 5.82 Å². The highest BCUT2D eigenvalue weighted by atomic mass is 15.1. The first-order valence-electron chi connectivity index (χ1n) is 6.01. The Morgan fingerprint density at radius 3 is 2.67 bits per heavy atom. The van der Waals surface area contributed by atoms with Crippen LogP contribution in [0.2, 0.25) is 0 Å². The quantitative estimate of drug-likeness (QED) is 0.808. The lowest BCUT2D eigenvalue weighted by atomic mass is 10.1. The van der Waals surface area contributed by atoms with Crippen LogP contribution in [0, 0.1) is 32.1 Å². The van der Waals surface area contributed by atoms with E-state index in [9.17, 15) is 0 Å². The van der Waals surface area contributed by atoms with Crippen LogP contribution >= 0.6 is 0 Å². The number of nitriles is 1. The molecule has 0 aliphatic carbocycles. The second kappa shape index (κ2) is 4.66. The number of aromatic nitrogens is 2. The third-order valence-electron chi connectivity index (χ3n) is 3.36. The van der Waals surface area contributed by atoms with Crippen molar-refractivity contribution in [3.8, 4) is 17.5 Å². The van der Waals surface area contributed by atoms with Crippen molar-refractivity contribution in [1.82, 2.24) is 9.55 Å². The number of nitrogens with zero attached hydrogens (tertiary/aromatic N) is 3. The van der Waals surface area contributed by atoms with Gasteiger partial charge in [-0.3, -0.25) is 0 Å². The smallest absolute Gasteiger partial charge is 0.140 e. The molecule has 2 rings (SSSR count). The minimum Gasteiger partial charge on any atom is -0.331 e. The molecule has 0 spiro atoms. The lowest BCUT2D eigenvalue weighted by Crippen LogP contribution is -1.97. The first-order valence-corrected chi connectivity index (χ1v) is 6.01. The maximum Gasteiger partial charge on any atom is 0.140 e. The van der Waals surface area contributed by atoms with Gasteiger partial charge < -0.3 is 4.57 Å². The summed E-state index contributed by atoms with van der Waals surface area (Å²) < 4.78 is 2.06. The molecule has 0 N–H and O–H groups in total. The molecule has 1 aromatic carbocycles. The highest BCUT2D eigenvalue weighted by Gasteiger charge is 2.14. The molecule has 1 heterocycles.